The number of rotatable bonds is 4. The summed E-state index contributed by atoms with van der Waals surface area (Å²) in [5.74, 6) is -0.486. The van der Waals surface area contributed by atoms with Crippen LogP contribution in [0.5, 0.6) is 0 Å². The van der Waals surface area contributed by atoms with Crippen LogP contribution in [-0.2, 0) is 9.53 Å². The van der Waals surface area contributed by atoms with Crippen LogP contribution in [0, 0.1) is 0 Å². The molecule has 0 spiro atoms. The van der Waals surface area contributed by atoms with Gasteiger partial charge < -0.3 is 15.0 Å². The van der Waals surface area contributed by atoms with Gasteiger partial charge in [-0.2, -0.15) is 5.10 Å². The lowest BCUT2D eigenvalue weighted by atomic mass is 10.0. The molecule has 1 saturated heterocycles. The molecule has 2 amide bonds. The number of nitrogens with one attached hydrogen (secondary N) is 1. The lowest BCUT2D eigenvalue weighted by Gasteiger charge is -2.40. The van der Waals surface area contributed by atoms with Crippen LogP contribution in [0.3, 0.4) is 0 Å². The van der Waals surface area contributed by atoms with Crippen molar-refractivity contribution in [3.05, 3.63) is 23.7 Å². The zero-order valence-electron chi connectivity index (χ0n) is 16.8. The third-order valence-corrected chi connectivity index (χ3v) is 5.00. The van der Waals surface area contributed by atoms with Crippen molar-refractivity contribution in [3.8, 4) is 0 Å². The molecule has 0 aromatic rings. The van der Waals surface area contributed by atoms with Gasteiger partial charge >= 0.3 is 6.09 Å². The van der Waals surface area contributed by atoms with Crippen LogP contribution in [0.1, 0.15) is 34.1 Å². The van der Waals surface area contributed by atoms with Gasteiger partial charge in [0.25, 0.3) is 0 Å². The van der Waals surface area contributed by atoms with E-state index in [-0.39, 0.29) is 30.4 Å². The Balaban J connectivity index is 1.61. The average Bonchev–Trinajstić information content (AvgIpc) is 3.00. The number of amides is 2. The van der Waals surface area contributed by atoms with Crippen LogP contribution >= 0.6 is 0 Å². The topological polar surface area (TPSA) is 77.5 Å². The predicted molar refractivity (Wildman–Crippen MR) is 103 cm³/mol. The van der Waals surface area contributed by atoms with Crippen LogP contribution in [0.4, 0.5) is 9.18 Å². The highest BCUT2D eigenvalue weighted by atomic mass is 19.1. The Labute approximate surface area is 164 Å². The zero-order valence-corrected chi connectivity index (χ0v) is 16.8. The molecule has 28 heavy (non-hydrogen) atoms. The molecule has 1 aliphatic carbocycles. The Kier molecular flexibility index (Phi) is 5.62. The molecule has 3 rings (SSSR count). The van der Waals surface area contributed by atoms with Gasteiger partial charge in [-0.15, -0.1) is 0 Å². The van der Waals surface area contributed by atoms with E-state index in [9.17, 15) is 14.0 Å². The van der Waals surface area contributed by atoms with Crippen LogP contribution < -0.4 is 5.32 Å². The molecular weight excluding hydrogens is 365 g/mol. The first-order valence-electron chi connectivity index (χ1n) is 9.52. The molecular formula is C19H28FN5O3. The molecule has 2 heterocycles. The number of allylic oxidation sites excluding steroid dienone is 1. The van der Waals surface area contributed by atoms with Crippen molar-refractivity contribution < 1.29 is 18.7 Å². The smallest absolute Gasteiger partial charge is 0.414 e. The Morgan fingerprint density at radius 2 is 2.14 bits per heavy atom. The number of ether oxygens (including phenoxy) is 1. The summed E-state index contributed by atoms with van der Waals surface area (Å²) >= 11 is 0. The van der Waals surface area contributed by atoms with Gasteiger partial charge in [-0.1, -0.05) is 6.08 Å². The van der Waals surface area contributed by atoms with E-state index in [2.05, 4.69) is 31.2 Å². The molecule has 1 fully saturated rings. The van der Waals surface area contributed by atoms with Crippen LogP contribution in [-0.4, -0.2) is 77.0 Å². The van der Waals surface area contributed by atoms with Gasteiger partial charge in [0, 0.05) is 24.7 Å². The Bertz CT molecular complexity index is 728. The zero-order chi connectivity index (χ0) is 20.5. The summed E-state index contributed by atoms with van der Waals surface area (Å²) < 4.78 is 20.1. The fourth-order valence-electron chi connectivity index (χ4n) is 3.42. The number of halogens is 1. The molecule has 0 aromatic heterocycles. The van der Waals surface area contributed by atoms with Crippen molar-refractivity contribution in [2.24, 2.45) is 5.10 Å². The SMILES string of the molecule is CC(=O)NCC1CN(C2=CCC(N3C=NN(C(C)(C)C)CC3)C(F)=C2)C(=O)O1. The highest BCUT2D eigenvalue weighted by molar-refractivity contribution is 5.74. The van der Waals surface area contributed by atoms with Crippen molar-refractivity contribution in [1.29, 1.82) is 0 Å². The first kappa shape index (κ1) is 20.2. The van der Waals surface area contributed by atoms with E-state index >= 15 is 0 Å². The molecule has 3 aliphatic rings. The maximum atomic E-state index is 14.8. The molecule has 2 unspecified atom stereocenters. The van der Waals surface area contributed by atoms with Crippen LogP contribution in [0.15, 0.2) is 28.8 Å². The third kappa shape index (κ3) is 4.45. The molecule has 154 valence electrons. The number of nitrogens with zero attached hydrogens (tertiary/aromatic N) is 4. The molecule has 8 nitrogen and oxygen atoms in total. The van der Waals surface area contributed by atoms with Crippen molar-refractivity contribution in [2.75, 3.05) is 26.2 Å². The second kappa shape index (κ2) is 7.81. The summed E-state index contributed by atoms with van der Waals surface area (Å²) in [6.45, 7) is 9.60. The quantitative estimate of drug-likeness (QED) is 0.788. The third-order valence-electron chi connectivity index (χ3n) is 5.00. The van der Waals surface area contributed by atoms with Gasteiger partial charge in [0.1, 0.15) is 18.3 Å². The highest BCUT2D eigenvalue weighted by Gasteiger charge is 2.35. The molecule has 2 aliphatic heterocycles. The minimum Gasteiger partial charge on any atom is -0.442 e. The molecule has 9 heteroatoms. The Morgan fingerprint density at radius 1 is 1.39 bits per heavy atom. The largest absolute Gasteiger partial charge is 0.442 e. The predicted octanol–water partition coefficient (Wildman–Crippen LogP) is 1.81. The standard InChI is InChI=1S/C19H28FN5O3/c1-13(26)21-10-15-11-24(18(27)28-15)14-5-6-17(16(20)9-14)23-7-8-25(22-12-23)19(2,3)4/h5,9,12,15,17H,6-8,10-11H2,1-4H3,(H,21,26). The van der Waals surface area contributed by atoms with E-state index in [1.54, 1.807) is 6.34 Å². The number of cyclic esters (lactones) is 1. The van der Waals surface area contributed by atoms with Gasteiger partial charge in [-0.25, -0.2) is 9.18 Å². The summed E-state index contributed by atoms with van der Waals surface area (Å²) in [5.41, 5.74) is 0.426. The molecule has 0 saturated carbocycles. The average molecular weight is 393 g/mol. The molecule has 0 radical (unpaired) electrons. The van der Waals surface area contributed by atoms with E-state index < -0.39 is 18.2 Å². The highest BCUT2D eigenvalue weighted by Crippen LogP contribution is 2.29. The second-order valence-corrected chi connectivity index (χ2v) is 8.23. The summed E-state index contributed by atoms with van der Waals surface area (Å²) in [4.78, 5) is 26.4. The van der Waals surface area contributed by atoms with E-state index in [4.69, 9.17) is 4.74 Å². The Morgan fingerprint density at radius 3 is 2.71 bits per heavy atom. The van der Waals surface area contributed by atoms with E-state index in [1.165, 1.54) is 17.9 Å². The minimum absolute atomic E-state index is 0.0689. The lowest BCUT2D eigenvalue weighted by molar-refractivity contribution is -0.119. The van der Waals surface area contributed by atoms with Crippen LogP contribution in [0.25, 0.3) is 0 Å². The van der Waals surface area contributed by atoms with Crippen molar-refractivity contribution in [1.82, 2.24) is 20.1 Å². The second-order valence-electron chi connectivity index (χ2n) is 8.23. The van der Waals surface area contributed by atoms with E-state index in [0.717, 1.165) is 6.54 Å². The summed E-state index contributed by atoms with van der Waals surface area (Å²) in [6, 6.07) is -0.414. The first-order chi connectivity index (χ1) is 13.1. The van der Waals surface area contributed by atoms with Crippen molar-refractivity contribution in [3.63, 3.8) is 0 Å². The van der Waals surface area contributed by atoms with Crippen LogP contribution in [0.2, 0.25) is 0 Å². The number of hydrogen-bond acceptors (Lipinski definition) is 6. The van der Waals surface area contributed by atoms with Gasteiger partial charge in [0.05, 0.1) is 25.7 Å². The van der Waals surface area contributed by atoms with Gasteiger partial charge in [0.2, 0.25) is 5.91 Å². The number of carbonyl (C=O) groups excluding carboxylic acids is 2. The van der Waals surface area contributed by atoms with Crippen molar-refractivity contribution >= 4 is 18.3 Å². The maximum Gasteiger partial charge on any atom is 0.414 e. The monoisotopic (exact) mass is 393 g/mol. The van der Waals surface area contributed by atoms with Gasteiger partial charge in [-0.3, -0.25) is 14.7 Å². The van der Waals surface area contributed by atoms with Crippen molar-refractivity contribution in [2.45, 2.75) is 51.8 Å². The Hall–Kier alpha value is -2.58. The molecule has 0 bridgehead atoms. The fourth-order valence-corrected chi connectivity index (χ4v) is 3.42. The molecule has 0 aromatic carbocycles. The molecule has 1 N–H and O–H groups in total. The van der Waals surface area contributed by atoms with E-state index in [1.807, 2.05) is 16.0 Å². The van der Waals surface area contributed by atoms with E-state index in [0.29, 0.717) is 18.7 Å². The normalized spacial score (nSPS) is 25.5. The summed E-state index contributed by atoms with van der Waals surface area (Å²) in [7, 11) is 0. The minimum atomic E-state index is -0.524. The number of carbonyl (C=O) groups is 2. The number of hydrazone groups is 1. The lowest BCUT2D eigenvalue weighted by Crippen LogP contribution is -2.49. The fraction of sp³-hybridized carbons (Fsp3) is 0.632. The molecule has 2 atom stereocenters. The van der Waals surface area contributed by atoms with Gasteiger partial charge in [0.15, 0.2) is 0 Å². The first-order valence-corrected chi connectivity index (χ1v) is 9.52. The maximum absolute atomic E-state index is 14.8. The number of hydrogen-bond donors (Lipinski definition) is 1. The summed E-state index contributed by atoms with van der Waals surface area (Å²) in [6.07, 6.45) is 4.41. The van der Waals surface area contributed by atoms with Gasteiger partial charge in [-0.05, 0) is 33.3 Å². The summed E-state index contributed by atoms with van der Waals surface area (Å²) in [5, 5.41) is 9.06.